The maximum atomic E-state index is 5.95. The quantitative estimate of drug-likeness (QED) is 0.757. The minimum absolute atomic E-state index is 0.573. The Bertz CT molecular complexity index is 520. The zero-order valence-electron chi connectivity index (χ0n) is 9.23. The summed E-state index contributed by atoms with van der Waals surface area (Å²) >= 11 is 5.95. The van der Waals surface area contributed by atoms with Gasteiger partial charge in [-0.15, -0.1) is 0 Å². The molecular formula is C12H14ClN3. The van der Waals surface area contributed by atoms with Crippen LogP contribution < -0.4 is 0 Å². The Balaban J connectivity index is 1.99. The average molecular weight is 236 g/mol. The van der Waals surface area contributed by atoms with Crippen molar-refractivity contribution in [3.05, 3.63) is 35.2 Å². The van der Waals surface area contributed by atoms with Crippen molar-refractivity contribution in [2.24, 2.45) is 0 Å². The minimum atomic E-state index is 0.573. The number of halogens is 1. The first kappa shape index (κ1) is 10.1. The maximum Gasteiger partial charge on any atom is 0.138 e. The molecule has 0 radical (unpaired) electrons. The first-order chi connectivity index (χ1) is 7.72. The third-order valence-corrected chi connectivity index (χ3v) is 3.49. The molecule has 1 atom stereocenters. The summed E-state index contributed by atoms with van der Waals surface area (Å²) in [4.78, 5) is 6.99. The van der Waals surface area contributed by atoms with Crippen LogP contribution in [0.5, 0.6) is 0 Å². The molecule has 4 heteroatoms. The summed E-state index contributed by atoms with van der Waals surface area (Å²) in [6.45, 7) is 2.27. The molecule has 1 aliphatic rings. The minimum Gasteiger partial charge on any atom is -0.307 e. The molecule has 0 N–H and O–H groups in total. The van der Waals surface area contributed by atoms with Gasteiger partial charge in [0, 0.05) is 29.9 Å². The van der Waals surface area contributed by atoms with Gasteiger partial charge in [0.05, 0.1) is 5.69 Å². The Labute approximate surface area is 99.7 Å². The van der Waals surface area contributed by atoms with Gasteiger partial charge in [0.1, 0.15) is 5.65 Å². The van der Waals surface area contributed by atoms with Crippen LogP contribution in [0.25, 0.3) is 5.65 Å². The topological polar surface area (TPSA) is 20.5 Å². The van der Waals surface area contributed by atoms with Gasteiger partial charge in [0.25, 0.3) is 0 Å². The number of hydrogen-bond donors (Lipinski definition) is 0. The molecular weight excluding hydrogens is 222 g/mol. The van der Waals surface area contributed by atoms with Crippen molar-refractivity contribution < 1.29 is 0 Å². The molecule has 0 spiro atoms. The van der Waals surface area contributed by atoms with E-state index in [4.69, 9.17) is 11.6 Å². The molecule has 0 aliphatic carbocycles. The Hall–Kier alpha value is -1.06. The van der Waals surface area contributed by atoms with E-state index in [9.17, 15) is 0 Å². The SMILES string of the molecule is CN1CCC(c2cn3ccc(Cl)cc3n2)C1. The van der Waals surface area contributed by atoms with Crippen molar-refractivity contribution >= 4 is 17.2 Å². The lowest BCUT2D eigenvalue weighted by Crippen LogP contribution is -2.13. The summed E-state index contributed by atoms with van der Waals surface area (Å²) in [6.07, 6.45) is 5.29. The van der Waals surface area contributed by atoms with Gasteiger partial charge in [-0.05, 0) is 32.1 Å². The zero-order valence-corrected chi connectivity index (χ0v) is 9.98. The zero-order chi connectivity index (χ0) is 11.1. The second kappa shape index (κ2) is 3.75. The third kappa shape index (κ3) is 1.70. The maximum absolute atomic E-state index is 5.95. The summed E-state index contributed by atoms with van der Waals surface area (Å²) in [5, 5.41) is 0.744. The van der Waals surface area contributed by atoms with Gasteiger partial charge in [-0.25, -0.2) is 4.98 Å². The lowest BCUT2D eigenvalue weighted by atomic mass is 10.1. The van der Waals surface area contributed by atoms with Crippen LogP contribution in [0.15, 0.2) is 24.5 Å². The fourth-order valence-electron chi connectivity index (χ4n) is 2.35. The number of pyridine rings is 1. The Morgan fingerprint density at radius 3 is 3.12 bits per heavy atom. The van der Waals surface area contributed by atoms with Crippen molar-refractivity contribution in [2.75, 3.05) is 20.1 Å². The van der Waals surface area contributed by atoms with Crippen molar-refractivity contribution in [2.45, 2.75) is 12.3 Å². The second-order valence-electron chi connectivity index (χ2n) is 4.52. The Kier molecular flexibility index (Phi) is 2.37. The van der Waals surface area contributed by atoms with Gasteiger partial charge >= 0.3 is 0 Å². The molecule has 3 heterocycles. The molecule has 0 aromatic carbocycles. The number of imidazole rings is 1. The molecule has 2 aromatic rings. The standard InChI is InChI=1S/C12H14ClN3/c1-15-4-2-9(7-15)11-8-16-5-3-10(13)6-12(16)14-11/h3,5-6,8-9H,2,4,7H2,1H3. The summed E-state index contributed by atoms with van der Waals surface area (Å²) in [5.41, 5.74) is 2.13. The second-order valence-corrected chi connectivity index (χ2v) is 4.96. The van der Waals surface area contributed by atoms with Crippen LogP contribution in [0.3, 0.4) is 0 Å². The van der Waals surface area contributed by atoms with Crippen molar-refractivity contribution in [3.63, 3.8) is 0 Å². The molecule has 0 amide bonds. The van der Waals surface area contributed by atoms with Crippen LogP contribution >= 0.6 is 11.6 Å². The molecule has 1 unspecified atom stereocenters. The monoisotopic (exact) mass is 235 g/mol. The molecule has 1 aliphatic heterocycles. The summed E-state index contributed by atoms with van der Waals surface area (Å²) in [7, 11) is 2.16. The van der Waals surface area contributed by atoms with Gasteiger partial charge < -0.3 is 9.30 Å². The van der Waals surface area contributed by atoms with E-state index in [-0.39, 0.29) is 0 Å². The number of fused-ring (bicyclic) bond motifs is 1. The Morgan fingerprint density at radius 2 is 2.38 bits per heavy atom. The third-order valence-electron chi connectivity index (χ3n) is 3.25. The average Bonchev–Trinajstić information content (AvgIpc) is 2.83. The fourth-order valence-corrected chi connectivity index (χ4v) is 2.50. The largest absolute Gasteiger partial charge is 0.307 e. The van der Waals surface area contributed by atoms with E-state index in [0.717, 1.165) is 17.2 Å². The first-order valence-electron chi connectivity index (χ1n) is 5.55. The molecule has 3 rings (SSSR count). The molecule has 1 fully saturated rings. The number of nitrogens with zero attached hydrogens (tertiary/aromatic N) is 3. The number of rotatable bonds is 1. The Morgan fingerprint density at radius 1 is 1.50 bits per heavy atom. The van der Waals surface area contributed by atoms with Gasteiger partial charge in [0.15, 0.2) is 0 Å². The van der Waals surface area contributed by atoms with Crippen LogP contribution in [0.1, 0.15) is 18.0 Å². The van der Waals surface area contributed by atoms with E-state index in [1.807, 2.05) is 22.7 Å². The van der Waals surface area contributed by atoms with Gasteiger partial charge in [-0.3, -0.25) is 0 Å². The van der Waals surface area contributed by atoms with Gasteiger partial charge in [-0.1, -0.05) is 11.6 Å². The van der Waals surface area contributed by atoms with Crippen molar-refractivity contribution in [1.82, 2.24) is 14.3 Å². The van der Waals surface area contributed by atoms with Crippen molar-refractivity contribution in [3.8, 4) is 0 Å². The van der Waals surface area contributed by atoms with Crippen LogP contribution in [-0.2, 0) is 0 Å². The molecule has 16 heavy (non-hydrogen) atoms. The number of likely N-dealkylation sites (tertiary alicyclic amines) is 1. The van der Waals surface area contributed by atoms with E-state index < -0.39 is 0 Å². The lowest BCUT2D eigenvalue weighted by Gasteiger charge is -2.06. The highest BCUT2D eigenvalue weighted by molar-refractivity contribution is 6.30. The number of aromatic nitrogens is 2. The summed E-state index contributed by atoms with van der Waals surface area (Å²) in [6, 6.07) is 3.80. The number of hydrogen-bond acceptors (Lipinski definition) is 2. The molecule has 0 bridgehead atoms. The predicted octanol–water partition coefficient (Wildman–Crippen LogP) is 2.41. The van der Waals surface area contributed by atoms with Crippen LogP contribution in [0.4, 0.5) is 0 Å². The summed E-state index contributed by atoms with van der Waals surface area (Å²) in [5.74, 6) is 0.573. The van der Waals surface area contributed by atoms with Gasteiger partial charge in [-0.2, -0.15) is 0 Å². The summed E-state index contributed by atoms with van der Waals surface area (Å²) < 4.78 is 2.04. The van der Waals surface area contributed by atoms with E-state index in [1.165, 1.54) is 18.7 Å². The van der Waals surface area contributed by atoms with Crippen molar-refractivity contribution in [1.29, 1.82) is 0 Å². The van der Waals surface area contributed by atoms with Gasteiger partial charge in [0.2, 0.25) is 0 Å². The molecule has 0 saturated carbocycles. The first-order valence-corrected chi connectivity index (χ1v) is 5.93. The highest BCUT2D eigenvalue weighted by Gasteiger charge is 2.23. The normalized spacial score (nSPS) is 22.0. The van der Waals surface area contributed by atoms with Crippen LogP contribution in [0, 0.1) is 0 Å². The molecule has 84 valence electrons. The molecule has 2 aromatic heterocycles. The number of likely N-dealkylation sites (N-methyl/N-ethyl adjacent to an activating group) is 1. The smallest absolute Gasteiger partial charge is 0.138 e. The molecule has 3 nitrogen and oxygen atoms in total. The van der Waals surface area contributed by atoms with E-state index >= 15 is 0 Å². The van der Waals surface area contributed by atoms with Crippen LogP contribution in [0.2, 0.25) is 5.02 Å². The highest BCUT2D eigenvalue weighted by Crippen LogP contribution is 2.26. The van der Waals surface area contributed by atoms with E-state index in [0.29, 0.717) is 5.92 Å². The molecule has 1 saturated heterocycles. The predicted molar refractivity (Wildman–Crippen MR) is 65.1 cm³/mol. The van der Waals surface area contributed by atoms with E-state index in [2.05, 4.69) is 23.1 Å². The van der Waals surface area contributed by atoms with Crippen LogP contribution in [-0.4, -0.2) is 34.4 Å². The van der Waals surface area contributed by atoms with E-state index in [1.54, 1.807) is 0 Å². The highest BCUT2D eigenvalue weighted by atomic mass is 35.5. The lowest BCUT2D eigenvalue weighted by molar-refractivity contribution is 0.411. The fraction of sp³-hybridized carbons (Fsp3) is 0.417.